The molecule has 1 aliphatic rings. The Bertz CT molecular complexity index is 1360. The lowest BCUT2D eigenvalue weighted by atomic mass is 9.90. The molecule has 1 aromatic heterocycles. The van der Waals surface area contributed by atoms with Gasteiger partial charge in [0, 0.05) is 23.4 Å². The first-order chi connectivity index (χ1) is 20.7. The molecule has 7 heteroatoms. The smallest absolute Gasteiger partial charge is 0.338 e. The maximum absolute atomic E-state index is 13.1. The van der Waals surface area contributed by atoms with Crippen LogP contribution < -0.4 is 4.74 Å². The number of aromatic nitrogens is 2. The van der Waals surface area contributed by atoms with Crippen LogP contribution >= 0.6 is 0 Å². The maximum Gasteiger partial charge on any atom is 0.338 e. The topological polar surface area (TPSA) is 98.6 Å². The molecular weight excluding hydrogens is 540 g/mol. The molecule has 1 heterocycles. The molecule has 4 rings (SSSR count). The van der Waals surface area contributed by atoms with Crippen LogP contribution in [0.15, 0.2) is 42.7 Å². The van der Waals surface area contributed by atoms with E-state index in [1.54, 1.807) is 6.33 Å². The van der Waals surface area contributed by atoms with Crippen molar-refractivity contribution >= 4 is 22.8 Å². The number of aliphatic carboxylic acids is 1. The van der Waals surface area contributed by atoms with Gasteiger partial charge in [0.15, 0.2) is 0 Å². The molecule has 1 saturated carbocycles. The molecule has 1 N–H and O–H groups in total. The third kappa shape index (κ3) is 10.0. The Balaban J connectivity index is 1.33. The summed E-state index contributed by atoms with van der Waals surface area (Å²) in [7, 11) is 0. The number of nitrogens with zero attached hydrogens (tertiary/aromatic N) is 2. The summed E-state index contributed by atoms with van der Waals surface area (Å²) in [6, 6.07) is 12.0. The summed E-state index contributed by atoms with van der Waals surface area (Å²) in [6.07, 6.45) is 16.3. The molecule has 0 spiro atoms. The van der Waals surface area contributed by atoms with Gasteiger partial charge in [0.25, 0.3) is 0 Å². The van der Waals surface area contributed by atoms with Crippen LogP contribution in [-0.4, -0.2) is 39.2 Å². The van der Waals surface area contributed by atoms with Crippen molar-refractivity contribution < 1.29 is 24.2 Å². The number of carboxylic acids is 1. The Hall–Kier alpha value is -3.48. The molecule has 0 radical (unpaired) electrons. The molecule has 232 valence electrons. The number of rotatable bonds is 16. The number of hydrogen-bond acceptors (Lipinski definition) is 6. The van der Waals surface area contributed by atoms with Gasteiger partial charge >= 0.3 is 11.9 Å². The second-order valence-electron chi connectivity index (χ2n) is 12.9. The first-order valence-corrected chi connectivity index (χ1v) is 16.2. The summed E-state index contributed by atoms with van der Waals surface area (Å²) in [4.78, 5) is 32.8. The third-order valence-electron chi connectivity index (χ3n) is 8.15. The highest BCUT2D eigenvalue weighted by Gasteiger charge is 2.26. The van der Waals surface area contributed by atoms with Crippen molar-refractivity contribution in [1.82, 2.24) is 9.97 Å². The summed E-state index contributed by atoms with van der Waals surface area (Å²) in [5.41, 5.74) is 3.85. The number of esters is 1. The molecule has 7 nitrogen and oxygen atoms in total. The van der Waals surface area contributed by atoms with Crippen molar-refractivity contribution in [3.05, 3.63) is 53.9 Å². The fourth-order valence-corrected chi connectivity index (χ4v) is 5.97. The minimum absolute atomic E-state index is 0.264. The van der Waals surface area contributed by atoms with E-state index < -0.39 is 11.6 Å². The van der Waals surface area contributed by atoms with Gasteiger partial charge in [-0.25, -0.2) is 14.8 Å². The number of carbonyl (C=O) groups excluding carboxylic acids is 1. The van der Waals surface area contributed by atoms with E-state index in [0.717, 1.165) is 78.4 Å². The molecule has 0 amide bonds. The molecule has 3 aromatic rings. The fraction of sp³-hybridized carbons (Fsp3) is 0.556. The highest BCUT2D eigenvalue weighted by atomic mass is 16.6. The zero-order valence-corrected chi connectivity index (χ0v) is 26.2. The van der Waals surface area contributed by atoms with Crippen LogP contribution in [0, 0.1) is 0 Å². The molecule has 2 aromatic carbocycles. The first-order valence-electron chi connectivity index (χ1n) is 16.2. The molecule has 0 unspecified atom stereocenters. The predicted molar refractivity (Wildman–Crippen MR) is 171 cm³/mol. The minimum atomic E-state index is -0.694. The lowest BCUT2D eigenvalue weighted by molar-refractivity contribution is -0.137. The van der Waals surface area contributed by atoms with E-state index in [2.05, 4.69) is 16.0 Å². The first kappa shape index (κ1) is 32.4. The van der Waals surface area contributed by atoms with Crippen molar-refractivity contribution in [3.8, 4) is 17.0 Å². The average Bonchev–Trinajstić information content (AvgIpc) is 3.51. The van der Waals surface area contributed by atoms with E-state index >= 15 is 0 Å². The van der Waals surface area contributed by atoms with Crippen molar-refractivity contribution in [3.63, 3.8) is 0 Å². The van der Waals surface area contributed by atoms with E-state index in [4.69, 9.17) is 14.6 Å². The van der Waals surface area contributed by atoms with E-state index in [1.807, 2.05) is 51.1 Å². The molecule has 43 heavy (non-hydrogen) atoms. The lowest BCUT2D eigenvalue weighted by Gasteiger charge is -2.22. The number of carboxylic acid groups (broad SMARTS) is 1. The lowest BCUT2D eigenvalue weighted by Crippen LogP contribution is -2.24. The Morgan fingerprint density at radius 1 is 0.860 bits per heavy atom. The Kier molecular flexibility index (Phi) is 11.9. The van der Waals surface area contributed by atoms with Gasteiger partial charge in [-0.3, -0.25) is 4.79 Å². The highest BCUT2D eigenvalue weighted by Crippen LogP contribution is 2.39. The fourth-order valence-electron chi connectivity index (χ4n) is 5.97. The van der Waals surface area contributed by atoms with Crippen LogP contribution in [0.25, 0.3) is 22.2 Å². The molecule has 0 saturated heterocycles. The highest BCUT2D eigenvalue weighted by molar-refractivity contribution is 5.95. The largest absolute Gasteiger partial charge is 0.494 e. The SMILES string of the molecule is CC(C)(C)OC(=O)c1ccc(-c2ncnc3cc(OCCCCCCCCCCCC(=O)O)ccc23)cc1C1CCCC1. The Labute approximate surface area is 256 Å². The third-order valence-corrected chi connectivity index (χ3v) is 8.15. The monoisotopic (exact) mass is 588 g/mol. The van der Waals surface area contributed by atoms with E-state index in [1.165, 1.54) is 38.5 Å². The number of unbranched alkanes of at least 4 members (excludes halogenated alkanes) is 8. The Morgan fingerprint density at radius 3 is 2.21 bits per heavy atom. The van der Waals surface area contributed by atoms with E-state index in [9.17, 15) is 9.59 Å². The number of ether oxygens (including phenoxy) is 2. The number of fused-ring (bicyclic) bond motifs is 1. The van der Waals surface area contributed by atoms with Crippen molar-refractivity contribution in [1.29, 1.82) is 0 Å². The minimum Gasteiger partial charge on any atom is -0.494 e. The molecule has 0 aliphatic heterocycles. The summed E-state index contributed by atoms with van der Waals surface area (Å²) in [5.74, 6) is 0.206. The van der Waals surface area contributed by atoms with Crippen molar-refractivity contribution in [2.45, 2.75) is 122 Å². The number of carbonyl (C=O) groups is 2. The van der Waals surface area contributed by atoms with Crippen molar-refractivity contribution in [2.75, 3.05) is 6.61 Å². The van der Waals surface area contributed by atoms with Gasteiger partial charge in [-0.15, -0.1) is 0 Å². The van der Waals surface area contributed by atoms with Crippen LogP contribution in [0.1, 0.15) is 133 Å². The van der Waals surface area contributed by atoms with Crippen LogP contribution in [0.3, 0.4) is 0 Å². The van der Waals surface area contributed by atoms with Crippen molar-refractivity contribution in [2.24, 2.45) is 0 Å². The average molecular weight is 589 g/mol. The van der Waals surface area contributed by atoms with Gasteiger partial charge < -0.3 is 14.6 Å². The standard InChI is InChI=1S/C36H48N2O5/c1-36(2,3)43-35(41)29-20-18-27(23-31(29)26-15-12-13-16-26)34-30-21-19-28(24-32(30)37-25-38-34)42-22-14-10-8-6-4-5-7-9-11-17-33(39)40/h18-21,23-26H,4-17,22H2,1-3H3,(H,39,40). The summed E-state index contributed by atoms with van der Waals surface area (Å²) in [6.45, 7) is 6.38. The van der Waals surface area contributed by atoms with Gasteiger partial charge in [0.2, 0.25) is 0 Å². The zero-order chi connectivity index (χ0) is 30.7. The van der Waals surface area contributed by atoms with Gasteiger partial charge in [0.1, 0.15) is 17.7 Å². The summed E-state index contributed by atoms with van der Waals surface area (Å²) >= 11 is 0. The molecule has 1 fully saturated rings. The van der Waals surface area contributed by atoms with Crippen LogP contribution in [0.5, 0.6) is 5.75 Å². The van der Waals surface area contributed by atoms with E-state index in [0.29, 0.717) is 18.1 Å². The van der Waals surface area contributed by atoms with E-state index in [-0.39, 0.29) is 12.4 Å². The molecule has 0 atom stereocenters. The quantitative estimate of drug-likeness (QED) is 0.131. The maximum atomic E-state index is 13.1. The summed E-state index contributed by atoms with van der Waals surface area (Å²) in [5, 5.41) is 9.65. The molecule has 1 aliphatic carbocycles. The second kappa shape index (κ2) is 15.8. The summed E-state index contributed by atoms with van der Waals surface area (Å²) < 4.78 is 11.8. The Morgan fingerprint density at radius 2 is 1.53 bits per heavy atom. The van der Waals surface area contributed by atoms with Gasteiger partial charge in [-0.2, -0.15) is 0 Å². The van der Waals surface area contributed by atoms with Gasteiger partial charge in [0.05, 0.1) is 23.4 Å². The normalized spacial score (nSPS) is 13.8. The molecular formula is C36H48N2O5. The number of hydrogen-bond donors (Lipinski definition) is 1. The second-order valence-corrected chi connectivity index (χ2v) is 12.9. The number of benzene rings is 2. The van der Waals surface area contributed by atoms with Gasteiger partial charge in [-0.1, -0.05) is 63.9 Å². The molecule has 0 bridgehead atoms. The van der Waals surface area contributed by atoms with Crippen LogP contribution in [-0.2, 0) is 9.53 Å². The predicted octanol–water partition coefficient (Wildman–Crippen LogP) is 9.27. The van der Waals surface area contributed by atoms with Crippen LogP contribution in [0.4, 0.5) is 0 Å². The zero-order valence-electron chi connectivity index (χ0n) is 26.2. The van der Waals surface area contributed by atoms with Gasteiger partial charge in [-0.05, 0) is 82.2 Å². The van der Waals surface area contributed by atoms with Crippen LogP contribution in [0.2, 0.25) is 0 Å².